The molecule has 1 unspecified atom stereocenters. The Balaban J connectivity index is 1.77. The van der Waals surface area contributed by atoms with Gasteiger partial charge in [-0.3, -0.25) is 9.59 Å². The van der Waals surface area contributed by atoms with Gasteiger partial charge in [0.05, 0.1) is 6.04 Å². The molecule has 4 N–H and O–H groups in total. The van der Waals surface area contributed by atoms with Crippen LogP contribution in [0.2, 0.25) is 0 Å². The van der Waals surface area contributed by atoms with E-state index < -0.39 is 6.04 Å². The van der Waals surface area contributed by atoms with E-state index >= 15 is 0 Å². The van der Waals surface area contributed by atoms with Crippen LogP contribution in [0, 0.1) is 0 Å². The van der Waals surface area contributed by atoms with E-state index in [1.54, 1.807) is 24.3 Å². The molecule has 0 aromatic heterocycles. The Bertz CT molecular complexity index is 687. The molecule has 25 heavy (non-hydrogen) atoms. The van der Waals surface area contributed by atoms with Gasteiger partial charge in [0, 0.05) is 19.2 Å². The maximum Gasteiger partial charge on any atom is 0.236 e. The first kappa shape index (κ1) is 18.5. The maximum absolute atomic E-state index is 11.9. The summed E-state index contributed by atoms with van der Waals surface area (Å²) in [5.41, 5.74) is 7.42. The van der Waals surface area contributed by atoms with Crippen molar-refractivity contribution >= 4 is 17.5 Å². The van der Waals surface area contributed by atoms with Crippen molar-refractivity contribution < 1.29 is 14.3 Å². The van der Waals surface area contributed by atoms with Crippen molar-refractivity contribution in [3.63, 3.8) is 0 Å². The lowest BCUT2D eigenvalue weighted by molar-refractivity contribution is -0.122. The van der Waals surface area contributed by atoms with E-state index in [2.05, 4.69) is 10.6 Å². The number of hydrogen-bond acceptors (Lipinski definition) is 4. The van der Waals surface area contributed by atoms with Crippen LogP contribution in [-0.4, -0.2) is 24.9 Å². The molecular formula is C19H23N3O3. The molecule has 6 heteroatoms. The minimum atomic E-state index is -0.676. The molecule has 6 nitrogen and oxygen atoms in total. The Labute approximate surface area is 147 Å². The molecule has 2 aromatic rings. The van der Waals surface area contributed by atoms with Gasteiger partial charge in [0.25, 0.3) is 0 Å². The van der Waals surface area contributed by atoms with E-state index in [1.165, 1.54) is 7.05 Å². The van der Waals surface area contributed by atoms with Gasteiger partial charge in [-0.2, -0.15) is 0 Å². The van der Waals surface area contributed by atoms with E-state index in [0.717, 1.165) is 11.3 Å². The summed E-state index contributed by atoms with van der Waals surface area (Å²) >= 11 is 0. The highest BCUT2D eigenvalue weighted by atomic mass is 16.5. The third kappa shape index (κ3) is 6.27. The number of hydrogen-bond donors (Lipinski definition) is 3. The van der Waals surface area contributed by atoms with Gasteiger partial charge in [0.15, 0.2) is 0 Å². The largest absolute Gasteiger partial charge is 0.489 e. The standard InChI is InChI=1S/C19H23N3O3/c1-21-19(24)17(20)11-12-18(23)22-15-7-9-16(10-8-15)25-13-14-5-3-2-4-6-14/h2-10,17H,11-13,20H2,1H3,(H,21,24)(H,22,23). The van der Waals surface area contributed by atoms with Gasteiger partial charge >= 0.3 is 0 Å². The first-order valence-electron chi connectivity index (χ1n) is 8.12. The van der Waals surface area contributed by atoms with Crippen molar-refractivity contribution in [3.8, 4) is 5.75 Å². The van der Waals surface area contributed by atoms with E-state index in [0.29, 0.717) is 18.7 Å². The summed E-state index contributed by atoms with van der Waals surface area (Å²) in [6, 6.07) is 16.4. The van der Waals surface area contributed by atoms with Crippen molar-refractivity contribution in [1.29, 1.82) is 0 Å². The summed E-state index contributed by atoms with van der Waals surface area (Å²) in [6.45, 7) is 0.490. The van der Waals surface area contributed by atoms with Gasteiger partial charge < -0.3 is 21.1 Å². The highest BCUT2D eigenvalue weighted by Gasteiger charge is 2.13. The van der Waals surface area contributed by atoms with E-state index in [9.17, 15) is 9.59 Å². The van der Waals surface area contributed by atoms with Gasteiger partial charge in [-0.25, -0.2) is 0 Å². The molecule has 2 amide bonds. The lowest BCUT2D eigenvalue weighted by Gasteiger charge is -2.11. The lowest BCUT2D eigenvalue weighted by Crippen LogP contribution is -2.39. The predicted molar refractivity (Wildman–Crippen MR) is 97.1 cm³/mol. The number of rotatable bonds is 8. The number of ether oxygens (including phenoxy) is 1. The third-order valence-corrected chi connectivity index (χ3v) is 3.65. The average Bonchev–Trinajstić information content (AvgIpc) is 2.65. The smallest absolute Gasteiger partial charge is 0.236 e. The van der Waals surface area contributed by atoms with Crippen LogP contribution in [0.25, 0.3) is 0 Å². The van der Waals surface area contributed by atoms with Crippen molar-refractivity contribution in [2.24, 2.45) is 5.73 Å². The topological polar surface area (TPSA) is 93.5 Å². The lowest BCUT2D eigenvalue weighted by atomic mass is 10.1. The molecule has 0 aliphatic rings. The summed E-state index contributed by atoms with van der Waals surface area (Å²) in [6.07, 6.45) is 0.477. The predicted octanol–water partition coefficient (Wildman–Crippen LogP) is 2.06. The van der Waals surface area contributed by atoms with Crippen LogP contribution in [0.3, 0.4) is 0 Å². The van der Waals surface area contributed by atoms with Gasteiger partial charge in [-0.1, -0.05) is 30.3 Å². The van der Waals surface area contributed by atoms with Crippen molar-refractivity contribution in [2.45, 2.75) is 25.5 Å². The molecule has 0 bridgehead atoms. The number of carbonyl (C=O) groups is 2. The molecule has 0 fully saturated rings. The monoisotopic (exact) mass is 341 g/mol. The van der Waals surface area contributed by atoms with Crippen molar-refractivity contribution in [3.05, 3.63) is 60.2 Å². The second-order valence-electron chi connectivity index (χ2n) is 5.61. The minimum absolute atomic E-state index is 0.181. The van der Waals surface area contributed by atoms with Crippen LogP contribution in [0.5, 0.6) is 5.75 Å². The first-order chi connectivity index (χ1) is 12.1. The number of anilines is 1. The SMILES string of the molecule is CNC(=O)C(N)CCC(=O)Nc1ccc(OCc2ccccc2)cc1. The summed E-state index contributed by atoms with van der Waals surface area (Å²) in [7, 11) is 1.52. The molecule has 0 aliphatic carbocycles. The number of likely N-dealkylation sites (N-methyl/N-ethyl adjacent to an activating group) is 1. The van der Waals surface area contributed by atoms with E-state index in [4.69, 9.17) is 10.5 Å². The van der Waals surface area contributed by atoms with Gasteiger partial charge in [-0.05, 0) is 36.2 Å². The molecule has 0 aliphatic heterocycles. The summed E-state index contributed by atoms with van der Waals surface area (Å²) < 4.78 is 5.70. The number of nitrogens with two attached hydrogens (primary N) is 1. The molecule has 0 saturated carbocycles. The first-order valence-corrected chi connectivity index (χ1v) is 8.12. The van der Waals surface area contributed by atoms with E-state index in [1.807, 2.05) is 30.3 Å². The number of carbonyl (C=O) groups excluding carboxylic acids is 2. The normalized spacial score (nSPS) is 11.4. The zero-order chi connectivity index (χ0) is 18.1. The van der Waals surface area contributed by atoms with Crippen LogP contribution in [0.1, 0.15) is 18.4 Å². The Morgan fingerprint density at radius 2 is 1.76 bits per heavy atom. The fourth-order valence-corrected chi connectivity index (χ4v) is 2.20. The van der Waals surface area contributed by atoms with Crippen LogP contribution in [0.15, 0.2) is 54.6 Å². The maximum atomic E-state index is 11.9. The summed E-state index contributed by atoms with van der Waals surface area (Å²) in [5, 5.41) is 5.23. The Hall–Kier alpha value is -2.86. The Kier molecular flexibility index (Phi) is 6.98. The highest BCUT2D eigenvalue weighted by Crippen LogP contribution is 2.17. The Morgan fingerprint density at radius 3 is 2.40 bits per heavy atom. The molecule has 1 atom stereocenters. The minimum Gasteiger partial charge on any atom is -0.489 e. The fourth-order valence-electron chi connectivity index (χ4n) is 2.20. The van der Waals surface area contributed by atoms with Gasteiger partial charge in [0.2, 0.25) is 11.8 Å². The molecule has 0 spiro atoms. The second-order valence-corrected chi connectivity index (χ2v) is 5.61. The van der Waals surface area contributed by atoms with Gasteiger partial charge in [0.1, 0.15) is 12.4 Å². The molecular weight excluding hydrogens is 318 g/mol. The molecule has 2 aromatic carbocycles. The third-order valence-electron chi connectivity index (χ3n) is 3.65. The number of nitrogens with one attached hydrogen (secondary N) is 2. The zero-order valence-corrected chi connectivity index (χ0v) is 14.2. The van der Waals surface area contributed by atoms with Gasteiger partial charge in [-0.15, -0.1) is 0 Å². The number of benzene rings is 2. The fraction of sp³-hybridized carbons (Fsp3) is 0.263. The van der Waals surface area contributed by atoms with Crippen molar-refractivity contribution in [2.75, 3.05) is 12.4 Å². The number of amides is 2. The van der Waals surface area contributed by atoms with Crippen molar-refractivity contribution in [1.82, 2.24) is 5.32 Å². The van der Waals surface area contributed by atoms with Crippen LogP contribution in [0.4, 0.5) is 5.69 Å². The van der Waals surface area contributed by atoms with Crippen LogP contribution >= 0.6 is 0 Å². The second kappa shape index (κ2) is 9.44. The van der Waals surface area contributed by atoms with Crippen LogP contribution in [-0.2, 0) is 16.2 Å². The average molecular weight is 341 g/mol. The molecule has 0 radical (unpaired) electrons. The van der Waals surface area contributed by atoms with Crippen LogP contribution < -0.4 is 21.1 Å². The molecule has 2 rings (SSSR count). The molecule has 0 saturated heterocycles. The molecule has 0 heterocycles. The summed E-state index contributed by atoms with van der Waals surface area (Å²) in [4.78, 5) is 23.2. The Morgan fingerprint density at radius 1 is 1.08 bits per heavy atom. The quantitative estimate of drug-likeness (QED) is 0.685. The van der Waals surface area contributed by atoms with E-state index in [-0.39, 0.29) is 18.2 Å². The zero-order valence-electron chi connectivity index (χ0n) is 14.2. The molecule has 132 valence electrons. The summed E-state index contributed by atoms with van der Waals surface area (Å²) in [5.74, 6) is 0.272. The highest BCUT2D eigenvalue weighted by molar-refractivity contribution is 5.91.